The smallest absolute Gasteiger partial charge is 0.130 e. The minimum absolute atomic E-state index is 0.185. The van der Waals surface area contributed by atoms with Gasteiger partial charge < -0.3 is 4.74 Å². The van der Waals surface area contributed by atoms with Gasteiger partial charge in [-0.25, -0.2) is 4.39 Å². The Balaban J connectivity index is 1.30. The van der Waals surface area contributed by atoms with Crippen molar-refractivity contribution in [2.24, 2.45) is 0 Å². The van der Waals surface area contributed by atoms with Crippen LogP contribution < -0.4 is 4.74 Å². The number of hydrogen-bond donors (Lipinski definition) is 0. The van der Waals surface area contributed by atoms with Crippen LogP contribution >= 0.6 is 0 Å². The van der Waals surface area contributed by atoms with E-state index in [4.69, 9.17) is 4.74 Å². The predicted octanol–water partition coefficient (Wildman–Crippen LogP) is 8.53. The Bertz CT molecular complexity index is 1220. The summed E-state index contributed by atoms with van der Waals surface area (Å²) in [7, 11) is 0. The zero-order chi connectivity index (χ0) is 24.5. The standard InChI is InChI=1S/C33H33FO/c1-3-35-32-21-17-27(18-22-32)15-19-31-20-16-29(24-33(31)34)14-11-26-9-12-28(13-10-26)23-25(2)30-7-5-4-6-8-30/h4-10,12-13,15-22,24-25H,3,11,14,23H2,1-2H3/t25-/m0/s1. The molecular formula is C33H33FO. The van der Waals surface area contributed by atoms with Crippen molar-refractivity contribution in [1.82, 2.24) is 0 Å². The maximum absolute atomic E-state index is 14.7. The van der Waals surface area contributed by atoms with Gasteiger partial charge in [-0.1, -0.05) is 97.9 Å². The number of aryl methyl sites for hydroxylation is 2. The van der Waals surface area contributed by atoms with E-state index in [1.165, 1.54) is 16.7 Å². The van der Waals surface area contributed by atoms with E-state index in [0.29, 0.717) is 18.1 Å². The largest absolute Gasteiger partial charge is 0.494 e. The maximum atomic E-state index is 14.7. The summed E-state index contributed by atoms with van der Waals surface area (Å²) in [5.41, 5.74) is 6.62. The fourth-order valence-electron chi connectivity index (χ4n) is 4.27. The van der Waals surface area contributed by atoms with Gasteiger partial charge in [0.2, 0.25) is 0 Å². The normalized spacial score (nSPS) is 12.1. The molecule has 0 aliphatic carbocycles. The number of benzene rings is 4. The lowest BCUT2D eigenvalue weighted by Gasteiger charge is -2.12. The molecule has 0 aliphatic heterocycles. The van der Waals surface area contributed by atoms with Gasteiger partial charge in [0.05, 0.1) is 6.61 Å². The third-order valence-corrected chi connectivity index (χ3v) is 6.35. The molecule has 0 saturated heterocycles. The Morgan fingerprint density at radius 1 is 0.743 bits per heavy atom. The monoisotopic (exact) mass is 464 g/mol. The van der Waals surface area contributed by atoms with Crippen LogP contribution in [0.15, 0.2) is 97.1 Å². The number of ether oxygens (including phenoxy) is 1. The van der Waals surface area contributed by atoms with E-state index in [2.05, 4.69) is 61.5 Å². The zero-order valence-electron chi connectivity index (χ0n) is 20.6. The molecule has 0 aromatic heterocycles. The van der Waals surface area contributed by atoms with E-state index < -0.39 is 0 Å². The molecular weight excluding hydrogens is 431 g/mol. The highest BCUT2D eigenvalue weighted by atomic mass is 19.1. The molecule has 4 aromatic rings. The first-order valence-corrected chi connectivity index (χ1v) is 12.4. The maximum Gasteiger partial charge on any atom is 0.130 e. The van der Waals surface area contributed by atoms with E-state index in [1.54, 1.807) is 6.07 Å². The lowest BCUT2D eigenvalue weighted by Crippen LogP contribution is -1.99. The molecule has 0 amide bonds. The Morgan fingerprint density at radius 3 is 2.09 bits per heavy atom. The summed E-state index contributed by atoms with van der Waals surface area (Å²) in [4.78, 5) is 0. The molecule has 4 rings (SSSR count). The zero-order valence-corrected chi connectivity index (χ0v) is 20.6. The van der Waals surface area contributed by atoms with Crippen LogP contribution in [0.3, 0.4) is 0 Å². The summed E-state index contributed by atoms with van der Waals surface area (Å²) in [5.74, 6) is 1.15. The van der Waals surface area contributed by atoms with Crippen molar-refractivity contribution in [1.29, 1.82) is 0 Å². The van der Waals surface area contributed by atoms with Gasteiger partial charge in [-0.2, -0.15) is 0 Å². The summed E-state index contributed by atoms with van der Waals surface area (Å²) in [6.07, 6.45) is 6.49. The van der Waals surface area contributed by atoms with Gasteiger partial charge in [-0.05, 0) is 78.1 Å². The van der Waals surface area contributed by atoms with Gasteiger partial charge in [0.25, 0.3) is 0 Å². The Kier molecular flexibility index (Phi) is 8.51. The molecule has 1 nitrogen and oxygen atoms in total. The molecule has 0 fully saturated rings. The third-order valence-electron chi connectivity index (χ3n) is 6.35. The lowest BCUT2D eigenvalue weighted by molar-refractivity contribution is 0.340. The van der Waals surface area contributed by atoms with Crippen LogP contribution in [0.5, 0.6) is 5.75 Å². The Morgan fingerprint density at radius 2 is 1.40 bits per heavy atom. The summed E-state index contributed by atoms with van der Waals surface area (Å²) < 4.78 is 20.2. The highest BCUT2D eigenvalue weighted by Crippen LogP contribution is 2.21. The number of halogens is 1. The lowest BCUT2D eigenvalue weighted by atomic mass is 9.93. The van der Waals surface area contributed by atoms with Crippen LogP contribution in [0.4, 0.5) is 4.39 Å². The molecule has 0 bridgehead atoms. The molecule has 35 heavy (non-hydrogen) atoms. The minimum atomic E-state index is -0.185. The molecule has 0 heterocycles. The predicted molar refractivity (Wildman–Crippen MR) is 145 cm³/mol. The average molecular weight is 465 g/mol. The van der Waals surface area contributed by atoms with E-state index in [1.807, 2.05) is 55.5 Å². The van der Waals surface area contributed by atoms with Crippen LogP contribution in [0, 0.1) is 5.82 Å². The van der Waals surface area contributed by atoms with Crippen molar-refractivity contribution >= 4 is 12.2 Å². The third kappa shape index (κ3) is 7.16. The molecule has 0 aliphatic rings. The second kappa shape index (κ2) is 12.2. The Hall–Kier alpha value is -3.65. The number of hydrogen-bond acceptors (Lipinski definition) is 1. The first-order chi connectivity index (χ1) is 17.1. The molecule has 4 aromatic carbocycles. The van der Waals surface area contributed by atoms with Gasteiger partial charge in [0, 0.05) is 5.56 Å². The van der Waals surface area contributed by atoms with E-state index >= 15 is 0 Å². The van der Waals surface area contributed by atoms with E-state index in [-0.39, 0.29) is 5.82 Å². The molecule has 0 unspecified atom stereocenters. The van der Waals surface area contributed by atoms with Gasteiger partial charge in [-0.3, -0.25) is 0 Å². The molecule has 0 N–H and O–H groups in total. The summed E-state index contributed by atoms with van der Waals surface area (Å²) in [6.45, 7) is 4.88. The quantitative estimate of drug-likeness (QED) is 0.214. The van der Waals surface area contributed by atoms with Gasteiger partial charge in [-0.15, -0.1) is 0 Å². The van der Waals surface area contributed by atoms with Gasteiger partial charge in [0.1, 0.15) is 11.6 Å². The average Bonchev–Trinajstić information content (AvgIpc) is 2.89. The molecule has 1 atom stereocenters. The van der Waals surface area contributed by atoms with Crippen molar-refractivity contribution in [3.63, 3.8) is 0 Å². The SMILES string of the molecule is CCOc1ccc(C=Cc2ccc(CCc3ccc(C[C@H](C)c4ccccc4)cc3)cc2F)cc1. The van der Waals surface area contributed by atoms with Crippen LogP contribution in [-0.2, 0) is 19.3 Å². The van der Waals surface area contributed by atoms with Crippen LogP contribution in [0.2, 0.25) is 0 Å². The summed E-state index contributed by atoms with van der Waals surface area (Å²) in [6, 6.07) is 32.9. The second-order valence-corrected chi connectivity index (χ2v) is 9.02. The van der Waals surface area contributed by atoms with Crippen LogP contribution in [0.1, 0.15) is 53.1 Å². The van der Waals surface area contributed by atoms with Crippen LogP contribution in [0.25, 0.3) is 12.2 Å². The second-order valence-electron chi connectivity index (χ2n) is 9.02. The molecule has 2 heteroatoms. The first kappa shape index (κ1) is 24.5. The van der Waals surface area contributed by atoms with Gasteiger partial charge in [0.15, 0.2) is 0 Å². The van der Waals surface area contributed by atoms with Crippen molar-refractivity contribution in [3.8, 4) is 5.75 Å². The topological polar surface area (TPSA) is 9.23 Å². The first-order valence-electron chi connectivity index (χ1n) is 12.4. The minimum Gasteiger partial charge on any atom is -0.494 e. The highest BCUT2D eigenvalue weighted by molar-refractivity contribution is 5.70. The highest BCUT2D eigenvalue weighted by Gasteiger charge is 2.07. The van der Waals surface area contributed by atoms with E-state index in [0.717, 1.165) is 36.1 Å². The fraction of sp³-hybridized carbons (Fsp3) is 0.212. The summed E-state index contributed by atoms with van der Waals surface area (Å²) >= 11 is 0. The molecule has 0 spiro atoms. The molecule has 178 valence electrons. The van der Waals surface area contributed by atoms with Crippen molar-refractivity contribution < 1.29 is 9.13 Å². The van der Waals surface area contributed by atoms with Crippen molar-refractivity contribution in [3.05, 3.63) is 136 Å². The van der Waals surface area contributed by atoms with Crippen molar-refractivity contribution in [2.45, 2.75) is 39.0 Å². The fourth-order valence-corrected chi connectivity index (χ4v) is 4.27. The molecule has 0 radical (unpaired) electrons. The summed E-state index contributed by atoms with van der Waals surface area (Å²) in [5, 5.41) is 0. The molecule has 0 saturated carbocycles. The number of rotatable bonds is 10. The van der Waals surface area contributed by atoms with E-state index in [9.17, 15) is 4.39 Å². The van der Waals surface area contributed by atoms with Crippen LogP contribution in [-0.4, -0.2) is 6.61 Å². The van der Waals surface area contributed by atoms with Gasteiger partial charge >= 0.3 is 0 Å². The van der Waals surface area contributed by atoms with Crippen molar-refractivity contribution in [2.75, 3.05) is 6.61 Å². The Labute approximate surface area is 208 Å².